The number of benzene rings is 1. The van der Waals surface area contributed by atoms with Crippen molar-refractivity contribution in [1.29, 1.82) is 0 Å². The van der Waals surface area contributed by atoms with Crippen LogP contribution >= 0.6 is 0 Å². The molecule has 0 bridgehead atoms. The number of carbonyl (C=O) groups is 2. The first-order valence-electron chi connectivity index (χ1n) is 8.67. The van der Waals surface area contributed by atoms with Crippen LogP contribution in [0, 0.1) is 11.2 Å². The summed E-state index contributed by atoms with van der Waals surface area (Å²) in [6.07, 6.45) is 5.12. The number of halogens is 1. The number of hydrogen-bond acceptors (Lipinski definition) is 7. The largest absolute Gasteiger partial charge is 0.468 e. The van der Waals surface area contributed by atoms with Gasteiger partial charge in [0.1, 0.15) is 5.82 Å². The van der Waals surface area contributed by atoms with Gasteiger partial charge in [0.2, 0.25) is 5.41 Å². The van der Waals surface area contributed by atoms with Crippen LogP contribution in [-0.4, -0.2) is 45.8 Å². The Kier molecular flexibility index (Phi) is 5.58. The summed E-state index contributed by atoms with van der Waals surface area (Å²) >= 11 is 0. The highest BCUT2D eigenvalue weighted by atomic mass is 32.2. The van der Waals surface area contributed by atoms with Gasteiger partial charge in [0.05, 0.1) is 14.2 Å². The summed E-state index contributed by atoms with van der Waals surface area (Å²) < 4.78 is 46.5. The number of esters is 2. The molecule has 1 aliphatic carbocycles. The van der Waals surface area contributed by atoms with Crippen LogP contribution in [0.5, 0.6) is 0 Å². The van der Waals surface area contributed by atoms with E-state index in [4.69, 9.17) is 9.47 Å². The van der Waals surface area contributed by atoms with Gasteiger partial charge >= 0.3 is 11.9 Å². The molecule has 0 N–H and O–H groups in total. The van der Waals surface area contributed by atoms with Crippen LogP contribution in [0.15, 0.2) is 59.8 Å². The van der Waals surface area contributed by atoms with E-state index in [9.17, 15) is 22.4 Å². The van der Waals surface area contributed by atoms with Crippen molar-refractivity contribution in [3.63, 3.8) is 0 Å². The summed E-state index contributed by atoms with van der Waals surface area (Å²) in [4.78, 5) is 29.1. The molecule has 9 heteroatoms. The summed E-state index contributed by atoms with van der Waals surface area (Å²) in [7, 11) is -1.22. The third-order valence-electron chi connectivity index (χ3n) is 4.66. The number of nitrogens with zero attached hydrogens (tertiary/aromatic N) is 1. The normalized spacial score (nSPS) is 15.2. The molecule has 156 valence electrons. The Morgan fingerprint density at radius 3 is 1.83 bits per heavy atom. The lowest BCUT2D eigenvalue weighted by Crippen LogP contribution is -2.36. The van der Waals surface area contributed by atoms with E-state index in [0.29, 0.717) is 22.3 Å². The molecule has 2 aromatic rings. The van der Waals surface area contributed by atoms with Crippen LogP contribution in [0.4, 0.5) is 4.39 Å². The standard InChI is InChI=1S/C21H18FNO6S/c1-28-19(24)21(20(25)29-2)10-16(13-4-7-15(22)8-5-13)17(11-21)14-6-9-18(23-12-14)30(3,26)27/h4-12H,1-3H3. The van der Waals surface area contributed by atoms with Gasteiger partial charge < -0.3 is 9.47 Å². The summed E-state index contributed by atoms with van der Waals surface area (Å²) in [5.74, 6) is -2.16. The number of carbonyl (C=O) groups excluding carboxylic acids is 2. The van der Waals surface area contributed by atoms with Gasteiger partial charge in [-0.05, 0) is 53.1 Å². The van der Waals surface area contributed by atoms with E-state index in [1.165, 1.54) is 54.7 Å². The molecule has 1 aliphatic rings. The van der Waals surface area contributed by atoms with Crippen LogP contribution in [0.1, 0.15) is 11.1 Å². The van der Waals surface area contributed by atoms with Crippen LogP contribution in [0.25, 0.3) is 11.1 Å². The first kappa shape index (κ1) is 21.4. The second-order valence-corrected chi connectivity index (χ2v) is 8.59. The molecule has 3 rings (SSSR count). The zero-order valence-electron chi connectivity index (χ0n) is 16.4. The third-order valence-corrected chi connectivity index (χ3v) is 5.66. The average Bonchev–Trinajstić information content (AvgIpc) is 3.14. The van der Waals surface area contributed by atoms with Crippen molar-refractivity contribution in [3.05, 3.63) is 71.7 Å². The Labute approximate surface area is 172 Å². The quantitative estimate of drug-likeness (QED) is 0.530. The SMILES string of the molecule is COC(=O)C1(C(=O)OC)C=C(c2ccc(F)cc2)C(c2ccc(S(C)(=O)=O)nc2)=C1. The van der Waals surface area contributed by atoms with Crippen LogP contribution < -0.4 is 0 Å². The molecule has 0 fully saturated rings. The molecule has 0 amide bonds. The van der Waals surface area contributed by atoms with E-state index in [1.54, 1.807) is 0 Å². The minimum atomic E-state index is -3.51. The second kappa shape index (κ2) is 7.83. The van der Waals surface area contributed by atoms with Gasteiger partial charge in [0, 0.05) is 18.0 Å². The van der Waals surface area contributed by atoms with Crippen molar-refractivity contribution in [3.8, 4) is 0 Å². The minimum absolute atomic E-state index is 0.121. The maximum Gasteiger partial charge on any atom is 0.331 e. The molecule has 0 saturated carbocycles. The highest BCUT2D eigenvalue weighted by Gasteiger charge is 2.49. The first-order chi connectivity index (χ1) is 14.1. The lowest BCUT2D eigenvalue weighted by molar-refractivity contribution is -0.161. The van der Waals surface area contributed by atoms with Crippen molar-refractivity contribution in [2.45, 2.75) is 5.03 Å². The fraction of sp³-hybridized carbons (Fsp3) is 0.190. The van der Waals surface area contributed by atoms with Gasteiger partial charge in [-0.2, -0.15) is 0 Å². The van der Waals surface area contributed by atoms with Gasteiger partial charge in [-0.3, -0.25) is 9.59 Å². The number of rotatable bonds is 5. The van der Waals surface area contributed by atoms with E-state index < -0.39 is 33.0 Å². The molecule has 0 atom stereocenters. The number of aromatic nitrogens is 1. The molecule has 0 aliphatic heterocycles. The smallest absolute Gasteiger partial charge is 0.331 e. The van der Waals surface area contributed by atoms with Gasteiger partial charge in [-0.1, -0.05) is 12.1 Å². The van der Waals surface area contributed by atoms with Crippen LogP contribution in [0.2, 0.25) is 0 Å². The van der Waals surface area contributed by atoms with Crippen molar-refractivity contribution < 1.29 is 31.9 Å². The number of allylic oxidation sites excluding steroid dienone is 2. The molecule has 0 unspecified atom stereocenters. The van der Waals surface area contributed by atoms with E-state index >= 15 is 0 Å². The topological polar surface area (TPSA) is 99.6 Å². The van der Waals surface area contributed by atoms with Crippen molar-refractivity contribution in [2.75, 3.05) is 20.5 Å². The van der Waals surface area contributed by atoms with Gasteiger partial charge in [0.25, 0.3) is 0 Å². The van der Waals surface area contributed by atoms with E-state index in [-0.39, 0.29) is 5.03 Å². The summed E-state index contributed by atoms with van der Waals surface area (Å²) in [5.41, 5.74) is -0.000223. The Hall–Kier alpha value is -3.33. The second-order valence-electron chi connectivity index (χ2n) is 6.63. The molecule has 1 aromatic carbocycles. The number of ether oxygens (including phenoxy) is 2. The molecule has 7 nitrogen and oxygen atoms in total. The average molecular weight is 431 g/mol. The molecule has 0 saturated heterocycles. The zero-order valence-corrected chi connectivity index (χ0v) is 17.2. The predicted octanol–water partition coefficient (Wildman–Crippen LogP) is 2.44. The molecule has 30 heavy (non-hydrogen) atoms. The summed E-state index contributed by atoms with van der Waals surface area (Å²) in [6, 6.07) is 8.32. The Balaban J connectivity index is 2.23. The predicted molar refractivity (Wildman–Crippen MR) is 106 cm³/mol. The lowest BCUT2D eigenvalue weighted by atomic mass is 9.89. The van der Waals surface area contributed by atoms with Crippen LogP contribution in [-0.2, 0) is 28.9 Å². The fourth-order valence-corrected chi connectivity index (χ4v) is 3.73. The molecule has 1 aromatic heterocycles. The molecule has 0 radical (unpaired) electrons. The number of sulfone groups is 1. The Morgan fingerprint density at radius 2 is 1.40 bits per heavy atom. The van der Waals surface area contributed by atoms with E-state index in [2.05, 4.69) is 4.98 Å². The molecule has 1 heterocycles. The monoisotopic (exact) mass is 431 g/mol. The summed E-state index contributed by atoms with van der Waals surface area (Å²) in [6.45, 7) is 0. The highest BCUT2D eigenvalue weighted by Crippen LogP contribution is 2.45. The van der Waals surface area contributed by atoms with Crippen LogP contribution in [0.3, 0.4) is 0 Å². The number of methoxy groups -OCH3 is 2. The molecular weight excluding hydrogens is 413 g/mol. The van der Waals surface area contributed by atoms with Crippen molar-refractivity contribution in [2.24, 2.45) is 5.41 Å². The number of hydrogen-bond donors (Lipinski definition) is 0. The molecule has 0 spiro atoms. The van der Waals surface area contributed by atoms with Gasteiger partial charge in [-0.25, -0.2) is 17.8 Å². The fourth-order valence-electron chi connectivity index (χ4n) is 3.18. The Morgan fingerprint density at radius 1 is 0.900 bits per heavy atom. The van der Waals surface area contributed by atoms with Crippen molar-refractivity contribution >= 4 is 32.9 Å². The number of pyridine rings is 1. The van der Waals surface area contributed by atoms with E-state index in [1.807, 2.05) is 0 Å². The van der Waals surface area contributed by atoms with Crippen molar-refractivity contribution in [1.82, 2.24) is 4.98 Å². The zero-order chi connectivity index (χ0) is 22.1. The lowest BCUT2D eigenvalue weighted by Gasteiger charge is -2.18. The Bertz CT molecular complexity index is 1150. The summed E-state index contributed by atoms with van der Waals surface area (Å²) in [5, 5.41) is -0.121. The third kappa shape index (κ3) is 3.76. The van der Waals surface area contributed by atoms with E-state index in [0.717, 1.165) is 20.5 Å². The van der Waals surface area contributed by atoms with Gasteiger partial charge in [-0.15, -0.1) is 0 Å². The molecular formula is C21H18FNO6S. The highest BCUT2D eigenvalue weighted by molar-refractivity contribution is 7.90. The first-order valence-corrected chi connectivity index (χ1v) is 10.6. The minimum Gasteiger partial charge on any atom is -0.468 e. The maximum absolute atomic E-state index is 13.4. The van der Waals surface area contributed by atoms with Gasteiger partial charge in [0.15, 0.2) is 14.9 Å². The maximum atomic E-state index is 13.4.